The molecule has 3 aromatic rings. The molecule has 0 saturated carbocycles. The summed E-state index contributed by atoms with van der Waals surface area (Å²) in [5.41, 5.74) is 2.02. The standard InChI is InChI=1S/C26H27FN2O6S/c1-16-5-9-22(13-23(16)27)36(31,32)28-20-7-10-24-19(11-20)15-29(26(30)17(2)35-24)14-18-6-8-21(33-3)12-25(18)34-4/h5-13,17,28H,14-15H2,1-4H3/t17-/m1/s1. The van der Waals surface area contributed by atoms with Gasteiger partial charge in [-0.25, -0.2) is 12.8 Å². The Bertz CT molecular complexity index is 1410. The molecule has 1 atom stereocenters. The van der Waals surface area contributed by atoms with Crippen LogP contribution in [0.1, 0.15) is 23.6 Å². The number of hydrogen-bond acceptors (Lipinski definition) is 6. The minimum atomic E-state index is -4.03. The summed E-state index contributed by atoms with van der Waals surface area (Å²) in [6, 6.07) is 13.9. The lowest BCUT2D eigenvalue weighted by Gasteiger charge is -2.23. The zero-order chi connectivity index (χ0) is 26.0. The molecule has 1 aliphatic rings. The molecule has 0 aliphatic carbocycles. The first-order valence-corrected chi connectivity index (χ1v) is 12.7. The van der Waals surface area contributed by atoms with Crippen LogP contribution in [-0.4, -0.2) is 39.5 Å². The van der Waals surface area contributed by atoms with E-state index >= 15 is 0 Å². The number of anilines is 1. The fourth-order valence-electron chi connectivity index (χ4n) is 3.94. The first-order valence-electron chi connectivity index (χ1n) is 11.2. The van der Waals surface area contributed by atoms with Crippen molar-refractivity contribution in [3.63, 3.8) is 0 Å². The van der Waals surface area contributed by atoms with Crippen molar-refractivity contribution in [1.29, 1.82) is 0 Å². The largest absolute Gasteiger partial charge is 0.497 e. The molecule has 0 saturated heterocycles. The van der Waals surface area contributed by atoms with E-state index in [0.29, 0.717) is 28.4 Å². The fourth-order valence-corrected chi connectivity index (χ4v) is 5.00. The van der Waals surface area contributed by atoms with E-state index in [1.54, 1.807) is 63.3 Å². The van der Waals surface area contributed by atoms with Gasteiger partial charge in [0.25, 0.3) is 15.9 Å². The first kappa shape index (κ1) is 25.3. The molecule has 3 aromatic carbocycles. The Morgan fingerprint density at radius 2 is 1.86 bits per heavy atom. The van der Waals surface area contributed by atoms with Crippen LogP contribution in [0.4, 0.5) is 10.1 Å². The van der Waals surface area contributed by atoms with Gasteiger partial charge in [0.15, 0.2) is 6.10 Å². The average molecular weight is 515 g/mol. The molecule has 8 nitrogen and oxygen atoms in total. The van der Waals surface area contributed by atoms with Gasteiger partial charge >= 0.3 is 0 Å². The van der Waals surface area contributed by atoms with E-state index in [2.05, 4.69) is 4.72 Å². The predicted molar refractivity (Wildman–Crippen MR) is 132 cm³/mol. The van der Waals surface area contributed by atoms with Crippen LogP contribution in [0.3, 0.4) is 0 Å². The summed E-state index contributed by atoms with van der Waals surface area (Å²) in [5.74, 6) is 0.855. The van der Waals surface area contributed by atoms with Crippen molar-refractivity contribution in [2.75, 3.05) is 18.9 Å². The molecule has 4 rings (SSSR count). The summed E-state index contributed by atoms with van der Waals surface area (Å²) < 4.78 is 58.7. The van der Waals surface area contributed by atoms with E-state index in [-0.39, 0.29) is 29.6 Å². The third-order valence-corrected chi connectivity index (χ3v) is 7.33. The number of ether oxygens (including phenoxy) is 3. The van der Waals surface area contributed by atoms with Crippen molar-refractivity contribution in [3.8, 4) is 17.2 Å². The van der Waals surface area contributed by atoms with E-state index in [1.807, 2.05) is 6.07 Å². The second-order valence-electron chi connectivity index (χ2n) is 8.47. The highest BCUT2D eigenvalue weighted by molar-refractivity contribution is 7.92. The van der Waals surface area contributed by atoms with Crippen molar-refractivity contribution < 1.29 is 31.8 Å². The van der Waals surface area contributed by atoms with E-state index in [0.717, 1.165) is 11.6 Å². The number of carbonyl (C=O) groups excluding carboxylic acids is 1. The van der Waals surface area contributed by atoms with Gasteiger partial charge < -0.3 is 19.1 Å². The second-order valence-corrected chi connectivity index (χ2v) is 10.2. The van der Waals surface area contributed by atoms with Gasteiger partial charge in [-0.05, 0) is 61.9 Å². The maximum Gasteiger partial charge on any atom is 0.263 e. The molecule has 1 heterocycles. The van der Waals surface area contributed by atoms with Crippen LogP contribution in [0.15, 0.2) is 59.5 Å². The number of benzene rings is 3. The molecule has 1 amide bonds. The molecule has 0 spiro atoms. The van der Waals surface area contributed by atoms with E-state index in [1.165, 1.54) is 12.1 Å². The maximum atomic E-state index is 13.9. The summed E-state index contributed by atoms with van der Waals surface area (Å²) in [7, 11) is -0.924. The molecule has 0 fully saturated rings. The molecule has 190 valence electrons. The maximum absolute atomic E-state index is 13.9. The van der Waals surface area contributed by atoms with Crippen molar-refractivity contribution in [3.05, 3.63) is 77.1 Å². The lowest BCUT2D eigenvalue weighted by atomic mass is 10.1. The Morgan fingerprint density at radius 1 is 1.08 bits per heavy atom. The molecule has 0 unspecified atom stereocenters. The normalized spacial score (nSPS) is 15.5. The van der Waals surface area contributed by atoms with Crippen LogP contribution in [0, 0.1) is 12.7 Å². The number of methoxy groups -OCH3 is 2. The highest BCUT2D eigenvalue weighted by Crippen LogP contribution is 2.32. The topological polar surface area (TPSA) is 94.2 Å². The van der Waals surface area contributed by atoms with Crippen LogP contribution >= 0.6 is 0 Å². The molecule has 0 radical (unpaired) electrons. The van der Waals surface area contributed by atoms with Crippen LogP contribution < -0.4 is 18.9 Å². The van der Waals surface area contributed by atoms with Crippen LogP contribution in [-0.2, 0) is 27.9 Å². The summed E-state index contributed by atoms with van der Waals surface area (Å²) in [6.45, 7) is 3.65. The monoisotopic (exact) mass is 514 g/mol. The summed E-state index contributed by atoms with van der Waals surface area (Å²) in [4.78, 5) is 14.5. The molecular weight excluding hydrogens is 487 g/mol. The molecule has 0 aromatic heterocycles. The molecule has 1 aliphatic heterocycles. The highest BCUT2D eigenvalue weighted by atomic mass is 32.2. The number of sulfonamides is 1. The summed E-state index contributed by atoms with van der Waals surface area (Å²) >= 11 is 0. The van der Waals surface area contributed by atoms with E-state index in [4.69, 9.17) is 14.2 Å². The number of carbonyl (C=O) groups is 1. The minimum Gasteiger partial charge on any atom is -0.497 e. The number of nitrogens with zero attached hydrogens (tertiary/aromatic N) is 1. The number of hydrogen-bond donors (Lipinski definition) is 1. The lowest BCUT2D eigenvalue weighted by molar-refractivity contribution is -0.138. The van der Waals surface area contributed by atoms with Gasteiger partial charge in [-0.15, -0.1) is 0 Å². The number of nitrogens with one attached hydrogen (secondary N) is 1. The Balaban J connectivity index is 1.62. The zero-order valence-electron chi connectivity index (χ0n) is 20.4. The van der Waals surface area contributed by atoms with Crippen LogP contribution in [0.25, 0.3) is 0 Å². The number of rotatable bonds is 7. The summed E-state index contributed by atoms with van der Waals surface area (Å²) in [5, 5.41) is 0. The predicted octanol–water partition coefficient (Wildman–Crippen LogP) is 4.26. The van der Waals surface area contributed by atoms with E-state index in [9.17, 15) is 17.6 Å². The van der Waals surface area contributed by atoms with Gasteiger partial charge in [-0.1, -0.05) is 6.07 Å². The number of halogens is 1. The molecular formula is C26H27FN2O6S. The van der Waals surface area contributed by atoms with E-state index < -0.39 is 21.9 Å². The smallest absolute Gasteiger partial charge is 0.263 e. The lowest BCUT2D eigenvalue weighted by Crippen LogP contribution is -2.37. The molecule has 0 bridgehead atoms. The fraction of sp³-hybridized carbons (Fsp3) is 0.269. The first-order chi connectivity index (χ1) is 17.1. The average Bonchev–Trinajstić information content (AvgIpc) is 2.96. The quantitative estimate of drug-likeness (QED) is 0.506. The molecule has 10 heteroatoms. The second kappa shape index (κ2) is 10.1. The van der Waals surface area contributed by atoms with Gasteiger partial charge in [0.05, 0.1) is 19.1 Å². The molecule has 36 heavy (non-hydrogen) atoms. The van der Waals surface area contributed by atoms with Crippen molar-refractivity contribution >= 4 is 21.6 Å². The van der Waals surface area contributed by atoms with Gasteiger partial charge in [-0.3, -0.25) is 9.52 Å². The van der Waals surface area contributed by atoms with Gasteiger partial charge in [-0.2, -0.15) is 0 Å². The minimum absolute atomic E-state index is 0.183. The number of aryl methyl sites for hydroxylation is 1. The van der Waals surface area contributed by atoms with Gasteiger partial charge in [0.1, 0.15) is 23.1 Å². The Labute approximate surface area is 209 Å². The van der Waals surface area contributed by atoms with Crippen LogP contribution in [0.5, 0.6) is 17.2 Å². The van der Waals surface area contributed by atoms with Gasteiger partial charge in [0.2, 0.25) is 0 Å². The molecule has 1 N–H and O–H groups in total. The van der Waals surface area contributed by atoms with Crippen molar-refractivity contribution in [2.45, 2.75) is 37.9 Å². The van der Waals surface area contributed by atoms with Gasteiger partial charge in [0, 0.05) is 36.0 Å². The Morgan fingerprint density at radius 3 is 2.56 bits per heavy atom. The SMILES string of the molecule is COc1ccc(CN2Cc3cc(NS(=O)(=O)c4ccc(C)c(F)c4)ccc3O[C@H](C)C2=O)c(OC)c1. The summed E-state index contributed by atoms with van der Waals surface area (Å²) in [6.07, 6.45) is -0.742. The Hall–Kier alpha value is -3.79. The zero-order valence-corrected chi connectivity index (χ0v) is 21.2. The third kappa shape index (κ3) is 5.23. The third-order valence-electron chi connectivity index (χ3n) is 5.95. The highest BCUT2D eigenvalue weighted by Gasteiger charge is 2.29. The number of fused-ring (bicyclic) bond motifs is 1. The Kier molecular flexibility index (Phi) is 7.07. The van der Waals surface area contributed by atoms with Crippen molar-refractivity contribution in [1.82, 2.24) is 4.90 Å². The van der Waals surface area contributed by atoms with Crippen LogP contribution in [0.2, 0.25) is 0 Å². The number of amides is 1. The van der Waals surface area contributed by atoms with Crippen molar-refractivity contribution in [2.24, 2.45) is 0 Å².